The first-order valence-corrected chi connectivity index (χ1v) is 10.0. The second-order valence-electron chi connectivity index (χ2n) is 7.15. The third-order valence-electron chi connectivity index (χ3n) is 5.00. The van der Waals surface area contributed by atoms with E-state index in [1.165, 1.54) is 0 Å². The maximum absolute atomic E-state index is 11.2. The van der Waals surface area contributed by atoms with Gasteiger partial charge in [0.25, 0.3) is 0 Å². The number of benzene rings is 2. The molecule has 0 saturated carbocycles. The lowest BCUT2D eigenvalue weighted by atomic mass is 9.95. The SMILES string of the molecule is Cc1ccccc1/C(=N/OCCN1CCC=C(C(=O)O)C1)c1ccc(Cl)cc1C. The molecular formula is C23H25ClN2O3. The van der Waals surface area contributed by atoms with Gasteiger partial charge in [-0.3, -0.25) is 4.90 Å². The summed E-state index contributed by atoms with van der Waals surface area (Å²) in [4.78, 5) is 18.9. The highest BCUT2D eigenvalue weighted by Crippen LogP contribution is 2.21. The van der Waals surface area contributed by atoms with Gasteiger partial charge in [-0.15, -0.1) is 0 Å². The summed E-state index contributed by atoms with van der Waals surface area (Å²) < 4.78 is 0. The molecule has 0 radical (unpaired) electrons. The molecule has 6 heteroatoms. The second-order valence-corrected chi connectivity index (χ2v) is 7.58. The van der Waals surface area contributed by atoms with E-state index in [4.69, 9.17) is 21.5 Å². The van der Waals surface area contributed by atoms with Crippen LogP contribution in [0.4, 0.5) is 0 Å². The second kappa shape index (κ2) is 9.72. The standard InChI is InChI=1S/C23H25ClN2O3/c1-16-6-3-4-8-20(16)22(21-10-9-19(24)14-17(21)2)25-29-13-12-26-11-5-7-18(15-26)23(27)28/h3-4,6-10,14H,5,11-13,15H2,1-2H3,(H,27,28)/b25-22-. The van der Waals surface area contributed by atoms with E-state index in [9.17, 15) is 4.79 Å². The van der Waals surface area contributed by atoms with E-state index in [0.717, 1.165) is 40.9 Å². The summed E-state index contributed by atoms with van der Waals surface area (Å²) in [5.41, 5.74) is 5.32. The molecule has 0 atom stereocenters. The Bertz CT molecular complexity index is 953. The zero-order chi connectivity index (χ0) is 20.8. The third-order valence-corrected chi connectivity index (χ3v) is 5.24. The van der Waals surface area contributed by atoms with Crippen molar-refractivity contribution < 1.29 is 14.7 Å². The van der Waals surface area contributed by atoms with E-state index in [0.29, 0.717) is 30.3 Å². The van der Waals surface area contributed by atoms with Gasteiger partial charge in [-0.25, -0.2) is 4.79 Å². The van der Waals surface area contributed by atoms with Crippen LogP contribution in [0.1, 0.15) is 28.7 Å². The molecule has 0 spiro atoms. The number of nitrogens with zero attached hydrogens (tertiary/aromatic N) is 2. The Morgan fingerprint density at radius 2 is 1.93 bits per heavy atom. The van der Waals surface area contributed by atoms with Gasteiger partial charge in [0.1, 0.15) is 12.3 Å². The van der Waals surface area contributed by atoms with Crippen LogP contribution in [0, 0.1) is 13.8 Å². The number of halogens is 1. The molecular weight excluding hydrogens is 388 g/mol. The molecule has 1 N–H and O–H groups in total. The highest BCUT2D eigenvalue weighted by Gasteiger charge is 2.17. The summed E-state index contributed by atoms with van der Waals surface area (Å²) in [6, 6.07) is 13.8. The Morgan fingerprint density at radius 1 is 1.17 bits per heavy atom. The van der Waals surface area contributed by atoms with Gasteiger partial charge in [-0.05, 0) is 43.5 Å². The van der Waals surface area contributed by atoms with E-state index >= 15 is 0 Å². The molecule has 2 aromatic carbocycles. The summed E-state index contributed by atoms with van der Waals surface area (Å²) in [6.45, 7) is 6.31. The Kier molecular flexibility index (Phi) is 7.07. The first-order valence-electron chi connectivity index (χ1n) is 9.63. The van der Waals surface area contributed by atoms with Crippen molar-refractivity contribution in [1.82, 2.24) is 4.90 Å². The molecule has 1 aliphatic rings. The fraction of sp³-hybridized carbons (Fsp3) is 0.304. The Hall–Kier alpha value is -2.63. The molecule has 1 heterocycles. The van der Waals surface area contributed by atoms with E-state index in [-0.39, 0.29) is 0 Å². The largest absolute Gasteiger partial charge is 0.478 e. The summed E-state index contributed by atoms with van der Waals surface area (Å²) >= 11 is 6.12. The van der Waals surface area contributed by atoms with Crippen molar-refractivity contribution in [3.63, 3.8) is 0 Å². The van der Waals surface area contributed by atoms with Crippen molar-refractivity contribution in [3.05, 3.63) is 81.4 Å². The van der Waals surface area contributed by atoms with Crippen LogP contribution < -0.4 is 0 Å². The molecule has 0 bridgehead atoms. The minimum atomic E-state index is -0.853. The Balaban J connectivity index is 1.75. The van der Waals surface area contributed by atoms with Gasteiger partial charge in [0.15, 0.2) is 0 Å². The van der Waals surface area contributed by atoms with Crippen LogP contribution in [0.25, 0.3) is 0 Å². The van der Waals surface area contributed by atoms with Crippen LogP contribution in [-0.4, -0.2) is 47.9 Å². The van der Waals surface area contributed by atoms with Crippen LogP contribution in [-0.2, 0) is 9.63 Å². The number of aliphatic carboxylic acids is 1. The zero-order valence-electron chi connectivity index (χ0n) is 16.7. The number of oxime groups is 1. The first-order chi connectivity index (χ1) is 14.0. The summed E-state index contributed by atoms with van der Waals surface area (Å²) in [7, 11) is 0. The predicted molar refractivity (Wildman–Crippen MR) is 116 cm³/mol. The highest BCUT2D eigenvalue weighted by molar-refractivity contribution is 6.31. The number of hydrogen-bond donors (Lipinski definition) is 1. The van der Waals surface area contributed by atoms with Gasteiger partial charge < -0.3 is 9.94 Å². The van der Waals surface area contributed by atoms with Crippen molar-refractivity contribution in [1.29, 1.82) is 0 Å². The van der Waals surface area contributed by atoms with E-state index in [1.54, 1.807) is 6.08 Å². The van der Waals surface area contributed by atoms with Crippen LogP contribution in [0.15, 0.2) is 59.3 Å². The van der Waals surface area contributed by atoms with Gasteiger partial charge in [-0.2, -0.15) is 0 Å². The number of carboxylic acid groups (broad SMARTS) is 1. The van der Waals surface area contributed by atoms with Crippen LogP contribution in [0.2, 0.25) is 5.02 Å². The fourth-order valence-corrected chi connectivity index (χ4v) is 3.63. The minimum Gasteiger partial charge on any atom is -0.478 e. The van der Waals surface area contributed by atoms with Gasteiger partial charge in [0.05, 0.1) is 0 Å². The third kappa shape index (κ3) is 5.46. The fourth-order valence-electron chi connectivity index (χ4n) is 3.41. The lowest BCUT2D eigenvalue weighted by Crippen LogP contribution is -2.34. The van der Waals surface area contributed by atoms with Crippen molar-refractivity contribution in [2.75, 3.05) is 26.2 Å². The Labute approximate surface area is 176 Å². The lowest BCUT2D eigenvalue weighted by molar-refractivity contribution is -0.133. The minimum absolute atomic E-state index is 0.384. The average Bonchev–Trinajstić information content (AvgIpc) is 2.70. The lowest BCUT2D eigenvalue weighted by Gasteiger charge is -2.25. The molecule has 29 heavy (non-hydrogen) atoms. The molecule has 152 valence electrons. The predicted octanol–water partition coefficient (Wildman–Crippen LogP) is 4.44. The van der Waals surface area contributed by atoms with E-state index in [1.807, 2.05) is 56.3 Å². The smallest absolute Gasteiger partial charge is 0.332 e. The molecule has 0 aliphatic carbocycles. The molecule has 0 aromatic heterocycles. The number of aryl methyl sites for hydroxylation is 2. The van der Waals surface area contributed by atoms with Gasteiger partial charge in [-0.1, -0.05) is 53.2 Å². The normalized spacial score (nSPS) is 15.1. The molecule has 2 aromatic rings. The molecule has 0 unspecified atom stereocenters. The molecule has 0 saturated heterocycles. The summed E-state index contributed by atoms with van der Waals surface area (Å²) in [6.07, 6.45) is 2.53. The van der Waals surface area contributed by atoms with Gasteiger partial charge >= 0.3 is 5.97 Å². The zero-order valence-corrected chi connectivity index (χ0v) is 17.4. The monoisotopic (exact) mass is 412 g/mol. The number of carbonyl (C=O) groups is 1. The molecule has 0 fully saturated rings. The van der Waals surface area contributed by atoms with E-state index < -0.39 is 5.97 Å². The Morgan fingerprint density at radius 3 is 2.66 bits per heavy atom. The van der Waals surface area contributed by atoms with Crippen LogP contribution in [0.5, 0.6) is 0 Å². The highest BCUT2D eigenvalue weighted by atomic mass is 35.5. The quantitative estimate of drug-likeness (QED) is 0.415. The molecule has 5 nitrogen and oxygen atoms in total. The van der Waals surface area contributed by atoms with Crippen molar-refractivity contribution in [2.24, 2.45) is 5.16 Å². The first kappa shape index (κ1) is 21.1. The van der Waals surface area contributed by atoms with Crippen LogP contribution >= 0.6 is 11.6 Å². The van der Waals surface area contributed by atoms with Crippen molar-refractivity contribution in [3.8, 4) is 0 Å². The maximum Gasteiger partial charge on any atom is 0.332 e. The van der Waals surface area contributed by atoms with Gasteiger partial charge in [0.2, 0.25) is 0 Å². The summed E-state index contributed by atoms with van der Waals surface area (Å²) in [5.74, 6) is -0.853. The topological polar surface area (TPSA) is 62.1 Å². The summed E-state index contributed by atoms with van der Waals surface area (Å²) in [5, 5.41) is 14.3. The number of carboxylic acids is 1. The molecule has 1 aliphatic heterocycles. The number of rotatable bonds is 7. The number of hydrogen-bond acceptors (Lipinski definition) is 4. The van der Waals surface area contributed by atoms with E-state index in [2.05, 4.69) is 10.1 Å². The molecule has 3 rings (SSSR count). The van der Waals surface area contributed by atoms with Crippen molar-refractivity contribution >= 4 is 23.3 Å². The molecule has 0 amide bonds. The average molecular weight is 413 g/mol. The maximum atomic E-state index is 11.2. The van der Waals surface area contributed by atoms with Gasteiger partial charge in [0, 0.05) is 41.4 Å². The van der Waals surface area contributed by atoms with Crippen LogP contribution in [0.3, 0.4) is 0 Å². The van der Waals surface area contributed by atoms with Crippen molar-refractivity contribution in [2.45, 2.75) is 20.3 Å².